The Morgan fingerprint density at radius 2 is 1.92 bits per heavy atom. The summed E-state index contributed by atoms with van der Waals surface area (Å²) in [5.74, 6) is 0. The molecule has 0 saturated heterocycles. The van der Waals surface area contributed by atoms with Gasteiger partial charge in [0.2, 0.25) is 0 Å². The van der Waals surface area contributed by atoms with Crippen LogP contribution in [0.2, 0.25) is 0 Å². The third kappa shape index (κ3) is 5.93. The highest BCUT2D eigenvalue weighted by Gasteiger charge is 2.03. The van der Waals surface area contributed by atoms with Gasteiger partial charge in [0.05, 0.1) is 6.20 Å². The van der Waals surface area contributed by atoms with Crippen molar-refractivity contribution in [1.29, 1.82) is 0 Å². The molecule has 0 fully saturated rings. The number of halogens is 1. The highest BCUT2D eigenvalue weighted by Crippen LogP contribution is 2.24. The number of unbranched alkanes of at least 4 members (excludes halogenated alkanes) is 3. The van der Waals surface area contributed by atoms with E-state index in [0.717, 1.165) is 35.2 Å². The van der Waals surface area contributed by atoms with Crippen molar-refractivity contribution < 1.29 is 0 Å². The van der Waals surface area contributed by atoms with Gasteiger partial charge in [-0.3, -0.25) is 14.4 Å². The lowest BCUT2D eigenvalue weighted by atomic mass is 10.2. The minimum atomic E-state index is 0.881. The molecule has 2 aromatic heterocycles. The second kappa shape index (κ2) is 10.4. The zero-order valence-electron chi connectivity index (χ0n) is 14.5. The maximum Gasteiger partial charge on any atom is 0.114 e. The zero-order valence-corrected chi connectivity index (χ0v) is 16.9. The summed E-state index contributed by atoms with van der Waals surface area (Å²) < 4.78 is 6.48. The van der Waals surface area contributed by atoms with E-state index >= 15 is 0 Å². The molecular weight excluding hydrogens is 410 g/mol. The number of hydrogen-bond acceptors (Lipinski definition) is 5. The van der Waals surface area contributed by atoms with Crippen molar-refractivity contribution >= 4 is 27.9 Å². The first-order valence-corrected chi connectivity index (χ1v) is 10.4. The van der Waals surface area contributed by atoms with Gasteiger partial charge in [0.15, 0.2) is 0 Å². The molecule has 0 spiro atoms. The van der Waals surface area contributed by atoms with Crippen molar-refractivity contribution in [2.75, 3.05) is 6.54 Å². The molecule has 0 aliphatic carbocycles. The molecular formula is C19H22BrN5S. The summed E-state index contributed by atoms with van der Waals surface area (Å²) in [7, 11) is 0. The smallest absolute Gasteiger partial charge is 0.114 e. The number of nitrogens with one attached hydrogen (secondary N) is 1. The molecule has 0 unspecified atom stereocenters. The van der Waals surface area contributed by atoms with Crippen LogP contribution in [-0.2, 0) is 6.54 Å². The predicted molar refractivity (Wildman–Crippen MR) is 110 cm³/mol. The summed E-state index contributed by atoms with van der Waals surface area (Å²) in [6, 6.07) is 12.2. The molecule has 3 rings (SSSR count). The van der Waals surface area contributed by atoms with E-state index in [0.29, 0.717) is 0 Å². The van der Waals surface area contributed by atoms with Gasteiger partial charge < -0.3 is 0 Å². The minimum absolute atomic E-state index is 0.881. The normalized spacial score (nSPS) is 11.0. The first-order chi connectivity index (χ1) is 12.8. The van der Waals surface area contributed by atoms with Gasteiger partial charge in [0, 0.05) is 40.4 Å². The van der Waals surface area contributed by atoms with Crippen molar-refractivity contribution in [3.05, 3.63) is 59.5 Å². The Morgan fingerprint density at radius 1 is 1.04 bits per heavy atom. The number of aromatic nitrogens is 4. The molecule has 2 heterocycles. The van der Waals surface area contributed by atoms with Crippen LogP contribution in [0.3, 0.4) is 0 Å². The fourth-order valence-corrected chi connectivity index (χ4v) is 3.78. The SMILES string of the molecule is Brc1ccccc1SNCCCCCCn1cc(-c2cccnc2)nn1. The molecule has 0 bridgehead atoms. The summed E-state index contributed by atoms with van der Waals surface area (Å²) in [5.41, 5.74) is 1.89. The number of nitrogens with zero attached hydrogens (tertiary/aromatic N) is 4. The molecule has 26 heavy (non-hydrogen) atoms. The summed E-state index contributed by atoms with van der Waals surface area (Å²) in [6.07, 6.45) is 10.3. The molecule has 0 radical (unpaired) electrons. The summed E-state index contributed by atoms with van der Waals surface area (Å²) >= 11 is 5.24. The van der Waals surface area contributed by atoms with Crippen LogP contribution in [-0.4, -0.2) is 26.5 Å². The van der Waals surface area contributed by atoms with E-state index in [1.165, 1.54) is 24.2 Å². The molecule has 136 valence electrons. The van der Waals surface area contributed by atoms with E-state index in [-0.39, 0.29) is 0 Å². The van der Waals surface area contributed by atoms with Gasteiger partial charge >= 0.3 is 0 Å². The molecule has 3 aromatic rings. The van der Waals surface area contributed by atoms with Crippen molar-refractivity contribution in [3.8, 4) is 11.3 Å². The Bertz CT molecular complexity index is 793. The van der Waals surface area contributed by atoms with Crippen molar-refractivity contribution in [3.63, 3.8) is 0 Å². The van der Waals surface area contributed by atoms with Gasteiger partial charge in [0.25, 0.3) is 0 Å². The van der Waals surface area contributed by atoms with Gasteiger partial charge in [0.1, 0.15) is 5.69 Å². The molecule has 0 atom stereocenters. The van der Waals surface area contributed by atoms with Gasteiger partial charge in [-0.25, -0.2) is 0 Å². The van der Waals surface area contributed by atoms with Crippen LogP contribution in [0.4, 0.5) is 0 Å². The lowest BCUT2D eigenvalue weighted by molar-refractivity contribution is 0.522. The topological polar surface area (TPSA) is 55.6 Å². The number of benzene rings is 1. The average molecular weight is 432 g/mol. The Labute approximate surface area is 166 Å². The number of rotatable bonds is 10. The van der Waals surface area contributed by atoms with Crippen LogP contribution >= 0.6 is 27.9 Å². The lowest BCUT2D eigenvalue weighted by Crippen LogP contribution is -2.05. The fraction of sp³-hybridized carbons (Fsp3) is 0.316. The van der Waals surface area contributed by atoms with Crippen LogP contribution in [0, 0.1) is 0 Å². The third-order valence-corrected chi connectivity index (χ3v) is 5.81. The van der Waals surface area contributed by atoms with Crippen LogP contribution in [0.25, 0.3) is 11.3 Å². The van der Waals surface area contributed by atoms with E-state index in [9.17, 15) is 0 Å². The van der Waals surface area contributed by atoms with Crippen LogP contribution < -0.4 is 4.72 Å². The van der Waals surface area contributed by atoms with E-state index in [2.05, 4.69) is 54.1 Å². The van der Waals surface area contributed by atoms with Crippen LogP contribution in [0.1, 0.15) is 25.7 Å². The first kappa shape index (κ1) is 19.1. The molecule has 0 saturated carbocycles. The molecule has 1 N–H and O–H groups in total. The Morgan fingerprint density at radius 3 is 2.77 bits per heavy atom. The largest absolute Gasteiger partial charge is 0.264 e. The number of pyridine rings is 1. The maximum atomic E-state index is 4.22. The molecule has 7 heteroatoms. The van der Waals surface area contributed by atoms with Gasteiger partial charge in [-0.2, -0.15) is 0 Å². The van der Waals surface area contributed by atoms with Crippen LogP contribution in [0.15, 0.2) is 64.4 Å². The number of aryl methyl sites for hydroxylation is 1. The molecule has 1 aromatic carbocycles. The quantitative estimate of drug-likeness (QED) is 0.363. The van der Waals surface area contributed by atoms with E-state index in [4.69, 9.17) is 0 Å². The number of hydrogen-bond donors (Lipinski definition) is 1. The van der Waals surface area contributed by atoms with Gasteiger partial charge in [-0.1, -0.05) is 30.2 Å². The standard InChI is InChI=1S/C19H22BrN5S/c20-17-9-3-4-10-19(17)26-22-12-5-1-2-6-13-25-15-18(23-24-25)16-8-7-11-21-14-16/h3-4,7-11,14-15,22H,1-2,5-6,12-13H2. The third-order valence-electron chi connectivity index (χ3n) is 3.93. The summed E-state index contributed by atoms with van der Waals surface area (Å²) in [4.78, 5) is 5.34. The van der Waals surface area contributed by atoms with Crippen molar-refractivity contribution in [2.24, 2.45) is 0 Å². The first-order valence-electron chi connectivity index (χ1n) is 8.78. The van der Waals surface area contributed by atoms with Crippen molar-refractivity contribution in [1.82, 2.24) is 24.7 Å². The summed E-state index contributed by atoms with van der Waals surface area (Å²) in [6.45, 7) is 1.92. The van der Waals surface area contributed by atoms with E-state index in [1.807, 2.05) is 35.3 Å². The lowest BCUT2D eigenvalue weighted by Gasteiger charge is -2.06. The molecule has 0 amide bonds. The molecule has 5 nitrogen and oxygen atoms in total. The molecule has 0 aliphatic heterocycles. The summed E-state index contributed by atoms with van der Waals surface area (Å²) in [5, 5.41) is 8.42. The zero-order chi connectivity index (χ0) is 18.0. The Balaban J connectivity index is 1.27. The maximum absolute atomic E-state index is 4.22. The fourth-order valence-electron chi connectivity index (χ4n) is 2.54. The second-order valence-electron chi connectivity index (χ2n) is 5.95. The van der Waals surface area contributed by atoms with Gasteiger partial charge in [-0.15, -0.1) is 5.10 Å². The van der Waals surface area contributed by atoms with Crippen LogP contribution in [0.5, 0.6) is 0 Å². The average Bonchev–Trinajstić information content (AvgIpc) is 3.15. The highest BCUT2D eigenvalue weighted by atomic mass is 79.9. The van der Waals surface area contributed by atoms with Gasteiger partial charge in [-0.05, 0) is 65.0 Å². The Kier molecular flexibility index (Phi) is 7.66. The van der Waals surface area contributed by atoms with E-state index < -0.39 is 0 Å². The predicted octanol–water partition coefficient (Wildman–Crippen LogP) is 4.96. The Hall–Kier alpha value is -1.70. The monoisotopic (exact) mass is 431 g/mol. The van der Waals surface area contributed by atoms with Crippen molar-refractivity contribution in [2.45, 2.75) is 37.1 Å². The molecule has 0 aliphatic rings. The minimum Gasteiger partial charge on any atom is -0.264 e. The second-order valence-corrected chi connectivity index (χ2v) is 7.74. The highest BCUT2D eigenvalue weighted by molar-refractivity contribution is 9.10. The van der Waals surface area contributed by atoms with E-state index in [1.54, 1.807) is 18.1 Å².